The number of likely N-dealkylation sites (tertiary alicyclic amines) is 1. The van der Waals surface area contributed by atoms with Crippen LogP contribution >= 0.6 is 12.2 Å². The molecule has 1 aromatic carbocycles. The monoisotopic (exact) mass is 291 g/mol. The van der Waals surface area contributed by atoms with Crippen LogP contribution in [0.15, 0.2) is 18.2 Å². The summed E-state index contributed by atoms with van der Waals surface area (Å²) in [6.45, 7) is 6.74. The van der Waals surface area contributed by atoms with Crippen molar-refractivity contribution in [3.05, 3.63) is 23.0 Å². The van der Waals surface area contributed by atoms with Gasteiger partial charge in [0.05, 0.1) is 12.6 Å². The van der Waals surface area contributed by atoms with Crippen LogP contribution in [-0.2, 0) is 6.54 Å². The maximum absolute atomic E-state index is 5.49. The molecule has 108 valence electrons. The van der Waals surface area contributed by atoms with Crippen LogP contribution in [0.2, 0.25) is 0 Å². The van der Waals surface area contributed by atoms with E-state index in [1.807, 2.05) is 12.1 Å². The average Bonchev–Trinajstić information content (AvgIpc) is 3.04. The summed E-state index contributed by atoms with van der Waals surface area (Å²) in [5.74, 6) is 1.54. The molecular weight excluding hydrogens is 270 g/mol. The van der Waals surface area contributed by atoms with Crippen LogP contribution < -0.4 is 4.74 Å². The van der Waals surface area contributed by atoms with Gasteiger partial charge in [0, 0.05) is 13.1 Å². The molecule has 1 unspecified atom stereocenters. The molecule has 0 radical (unpaired) electrons. The van der Waals surface area contributed by atoms with Gasteiger partial charge in [0.2, 0.25) is 0 Å². The molecule has 1 aromatic heterocycles. The number of H-pyrrole nitrogens is 1. The predicted octanol–water partition coefficient (Wildman–Crippen LogP) is 3.05. The van der Waals surface area contributed by atoms with Crippen LogP contribution in [0.3, 0.4) is 0 Å². The zero-order chi connectivity index (χ0) is 14.1. The van der Waals surface area contributed by atoms with E-state index in [4.69, 9.17) is 17.0 Å². The standard InChI is InChI=1S/C15H21N3OS/c1-3-17-8-7-11(9-17)10-18-12-5-4-6-13(19-2)14(12)16-15(18)20/h4-6,11H,3,7-10H2,1-2H3,(H,16,20). The van der Waals surface area contributed by atoms with Crippen LogP contribution in [0.5, 0.6) is 5.75 Å². The van der Waals surface area contributed by atoms with Gasteiger partial charge < -0.3 is 19.2 Å². The Morgan fingerprint density at radius 1 is 1.45 bits per heavy atom. The number of ether oxygens (including phenoxy) is 1. The average molecular weight is 291 g/mol. The molecule has 0 spiro atoms. The number of rotatable bonds is 4. The molecule has 2 aromatic rings. The summed E-state index contributed by atoms with van der Waals surface area (Å²) in [6, 6.07) is 6.09. The van der Waals surface area contributed by atoms with Crippen molar-refractivity contribution in [1.29, 1.82) is 0 Å². The number of aromatic amines is 1. The highest BCUT2D eigenvalue weighted by molar-refractivity contribution is 7.71. The lowest BCUT2D eigenvalue weighted by Gasteiger charge is -2.14. The number of nitrogens with one attached hydrogen (secondary N) is 1. The van der Waals surface area contributed by atoms with E-state index in [-0.39, 0.29) is 0 Å². The van der Waals surface area contributed by atoms with Crippen molar-refractivity contribution in [2.75, 3.05) is 26.7 Å². The van der Waals surface area contributed by atoms with Crippen molar-refractivity contribution < 1.29 is 4.74 Å². The molecule has 5 heteroatoms. The maximum atomic E-state index is 5.49. The fraction of sp³-hybridized carbons (Fsp3) is 0.533. The lowest BCUT2D eigenvalue weighted by molar-refractivity contribution is 0.333. The number of imidazole rings is 1. The zero-order valence-electron chi connectivity index (χ0n) is 12.1. The molecule has 1 atom stereocenters. The summed E-state index contributed by atoms with van der Waals surface area (Å²) in [5, 5.41) is 0. The van der Waals surface area contributed by atoms with E-state index in [1.165, 1.54) is 19.5 Å². The third-order valence-electron chi connectivity index (χ3n) is 4.25. The summed E-state index contributed by atoms with van der Waals surface area (Å²) in [4.78, 5) is 5.79. The molecule has 1 aliphatic heterocycles. The first-order valence-electron chi connectivity index (χ1n) is 7.20. The minimum Gasteiger partial charge on any atom is -0.494 e. The van der Waals surface area contributed by atoms with Gasteiger partial charge in [-0.1, -0.05) is 13.0 Å². The lowest BCUT2D eigenvalue weighted by atomic mass is 10.1. The number of nitrogens with zero attached hydrogens (tertiary/aromatic N) is 2. The molecule has 0 aliphatic carbocycles. The van der Waals surface area contributed by atoms with Gasteiger partial charge in [-0.15, -0.1) is 0 Å². The van der Waals surface area contributed by atoms with Crippen LogP contribution in [0.1, 0.15) is 13.3 Å². The van der Waals surface area contributed by atoms with E-state index < -0.39 is 0 Å². The first-order chi connectivity index (χ1) is 9.72. The molecule has 4 nitrogen and oxygen atoms in total. The summed E-state index contributed by atoms with van der Waals surface area (Å²) in [5.41, 5.74) is 2.15. The number of hydrogen-bond donors (Lipinski definition) is 1. The summed E-state index contributed by atoms with van der Waals surface area (Å²) in [7, 11) is 1.69. The smallest absolute Gasteiger partial charge is 0.178 e. The van der Waals surface area contributed by atoms with Crippen LogP contribution in [0.4, 0.5) is 0 Å². The highest BCUT2D eigenvalue weighted by Gasteiger charge is 2.22. The fourth-order valence-corrected chi connectivity index (χ4v) is 3.39. The first kappa shape index (κ1) is 13.6. The van der Waals surface area contributed by atoms with E-state index >= 15 is 0 Å². The number of benzene rings is 1. The Labute approximate surface area is 124 Å². The normalized spacial score (nSPS) is 19.8. The van der Waals surface area contributed by atoms with Crippen LogP contribution in [0.25, 0.3) is 11.0 Å². The van der Waals surface area contributed by atoms with Crippen molar-refractivity contribution in [3.63, 3.8) is 0 Å². The minimum absolute atomic E-state index is 0.687. The maximum Gasteiger partial charge on any atom is 0.178 e. The first-order valence-corrected chi connectivity index (χ1v) is 7.61. The lowest BCUT2D eigenvalue weighted by Crippen LogP contribution is -2.21. The number of methoxy groups -OCH3 is 1. The SMILES string of the molecule is CCN1CCC(Cn2c(=S)[nH]c3c(OC)cccc32)C1. The molecule has 1 N–H and O–H groups in total. The largest absolute Gasteiger partial charge is 0.494 e. The van der Waals surface area contributed by atoms with Crippen molar-refractivity contribution in [2.45, 2.75) is 19.9 Å². The van der Waals surface area contributed by atoms with Gasteiger partial charge in [-0.3, -0.25) is 0 Å². The minimum atomic E-state index is 0.687. The highest BCUT2D eigenvalue weighted by atomic mass is 32.1. The number of para-hydroxylation sites is 1. The summed E-state index contributed by atoms with van der Waals surface area (Å²) in [6.07, 6.45) is 1.26. The van der Waals surface area contributed by atoms with Crippen LogP contribution in [-0.4, -0.2) is 41.2 Å². The Bertz CT molecular complexity index is 661. The Hall–Kier alpha value is -1.33. The Morgan fingerprint density at radius 3 is 3.00 bits per heavy atom. The summed E-state index contributed by atoms with van der Waals surface area (Å²) >= 11 is 5.49. The molecule has 20 heavy (non-hydrogen) atoms. The molecule has 1 saturated heterocycles. The third-order valence-corrected chi connectivity index (χ3v) is 4.57. The highest BCUT2D eigenvalue weighted by Crippen LogP contribution is 2.26. The molecule has 0 saturated carbocycles. The third kappa shape index (κ3) is 2.36. The van der Waals surface area contributed by atoms with Gasteiger partial charge in [-0.05, 0) is 49.8 Å². The molecule has 1 fully saturated rings. The molecular formula is C15H21N3OS. The Morgan fingerprint density at radius 2 is 2.30 bits per heavy atom. The second-order valence-electron chi connectivity index (χ2n) is 5.44. The van der Waals surface area contributed by atoms with Gasteiger partial charge in [0.1, 0.15) is 11.3 Å². The van der Waals surface area contributed by atoms with E-state index in [9.17, 15) is 0 Å². The number of hydrogen-bond acceptors (Lipinski definition) is 3. The Balaban J connectivity index is 1.92. The fourth-order valence-electron chi connectivity index (χ4n) is 3.11. The quantitative estimate of drug-likeness (QED) is 0.879. The van der Waals surface area contributed by atoms with E-state index in [2.05, 4.69) is 27.4 Å². The second-order valence-corrected chi connectivity index (χ2v) is 5.83. The summed E-state index contributed by atoms with van der Waals surface area (Å²) < 4.78 is 8.41. The Kier molecular flexibility index (Phi) is 3.81. The van der Waals surface area contributed by atoms with Crippen molar-refractivity contribution >= 4 is 23.3 Å². The van der Waals surface area contributed by atoms with Crippen molar-refractivity contribution in [1.82, 2.24) is 14.5 Å². The van der Waals surface area contributed by atoms with Crippen molar-refractivity contribution in [2.24, 2.45) is 5.92 Å². The van der Waals surface area contributed by atoms with Gasteiger partial charge >= 0.3 is 0 Å². The molecule has 0 amide bonds. The zero-order valence-corrected chi connectivity index (χ0v) is 12.9. The van der Waals surface area contributed by atoms with Crippen LogP contribution in [0, 0.1) is 10.7 Å². The molecule has 3 rings (SSSR count). The number of aromatic nitrogens is 2. The van der Waals surface area contributed by atoms with E-state index in [0.29, 0.717) is 5.92 Å². The molecule has 0 bridgehead atoms. The van der Waals surface area contributed by atoms with Gasteiger partial charge in [0.15, 0.2) is 4.77 Å². The topological polar surface area (TPSA) is 33.2 Å². The van der Waals surface area contributed by atoms with Gasteiger partial charge in [0.25, 0.3) is 0 Å². The van der Waals surface area contributed by atoms with Gasteiger partial charge in [-0.2, -0.15) is 0 Å². The predicted molar refractivity (Wildman–Crippen MR) is 83.9 cm³/mol. The molecule has 1 aliphatic rings. The van der Waals surface area contributed by atoms with E-state index in [0.717, 1.165) is 34.6 Å². The number of fused-ring (bicyclic) bond motifs is 1. The molecule has 2 heterocycles. The van der Waals surface area contributed by atoms with E-state index in [1.54, 1.807) is 7.11 Å². The second kappa shape index (κ2) is 5.58. The van der Waals surface area contributed by atoms with Gasteiger partial charge in [-0.25, -0.2) is 0 Å². The van der Waals surface area contributed by atoms with Crippen molar-refractivity contribution in [3.8, 4) is 5.75 Å².